The molecule has 1 rings (SSSR count). The molecule has 0 aromatic carbocycles. The van der Waals surface area contributed by atoms with Crippen molar-refractivity contribution in [2.75, 3.05) is 0 Å². The highest BCUT2D eigenvalue weighted by Crippen LogP contribution is 2.02. The smallest absolute Gasteiger partial charge is 0.224 e. The molecule has 78 valence electrons. The van der Waals surface area contributed by atoms with Crippen LogP contribution in [0.3, 0.4) is 0 Å². The topological polar surface area (TPSA) is 68.3 Å². The summed E-state index contributed by atoms with van der Waals surface area (Å²) in [6.45, 7) is 4.04. The average molecular weight is 196 g/mol. The molecule has 4 nitrogen and oxygen atoms in total. The first kappa shape index (κ1) is 10.8. The van der Waals surface area contributed by atoms with Crippen molar-refractivity contribution in [1.29, 1.82) is 0 Å². The van der Waals surface area contributed by atoms with Gasteiger partial charge in [0.1, 0.15) is 5.76 Å². The van der Waals surface area contributed by atoms with Gasteiger partial charge in [-0.2, -0.15) is 0 Å². The predicted molar refractivity (Wildman–Crippen MR) is 53.4 cm³/mol. The van der Waals surface area contributed by atoms with Crippen LogP contribution in [0, 0.1) is 5.92 Å². The SMILES string of the molecule is CC(N)C(C)C(=O)NCc1ccco1. The van der Waals surface area contributed by atoms with Crippen molar-refractivity contribution in [3.63, 3.8) is 0 Å². The fourth-order valence-electron chi connectivity index (χ4n) is 0.987. The van der Waals surface area contributed by atoms with Crippen molar-refractivity contribution in [3.8, 4) is 0 Å². The second-order valence-corrected chi connectivity index (χ2v) is 3.44. The minimum absolute atomic E-state index is 0.0450. The molecular formula is C10H16N2O2. The van der Waals surface area contributed by atoms with E-state index in [4.69, 9.17) is 10.2 Å². The Morgan fingerprint density at radius 2 is 2.36 bits per heavy atom. The third-order valence-electron chi connectivity index (χ3n) is 2.22. The van der Waals surface area contributed by atoms with Crippen LogP contribution in [-0.4, -0.2) is 11.9 Å². The number of rotatable bonds is 4. The molecule has 1 amide bonds. The third-order valence-corrected chi connectivity index (χ3v) is 2.22. The molecule has 0 aliphatic carbocycles. The lowest BCUT2D eigenvalue weighted by Gasteiger charge is -2.14. The number of nitrogens with two attached hydrogens (primary N) is 1. The second-order valence-electron chi connectivity index (χ2n) is 3.44. The van der Waals surface area contributed by atoms with Gasteiger partial charge in [-0.25, -0.2) is 0 Å². The van der Waals surface area contributed by atoms with E-state index in [1.807, 2.05) is 19.9 Å². The van der Waals surface area contributed by atoms with Crippen molar-refractivity contribution in [1.82, 2.24) is 5.32 Å². The van der Waals surface area contributed by atoms with Crippen LogP contribution < -0.4 is 11.1 Å². The minimum Gasteiger partial charge on any atom is -0.467 e. The zero-order chi connectivity index (χ0) is 10.6. The molecule has 0 saturated carbocycles. The van der Waals surface area contributed by atoms with E-state index in [0.717, 1.165) is 5.76 Å². The molecule has 0 saturated heterocycles. The first-order valence-electron chi connectivity index (χ1n) is 4.67. The molecule has 1 aromatic heterocycles. The number of carbonyl (C=O) groups excluding carboxylic acids is 1. The highest BCUT2D eigenvalue weighted by molar-refractivity contribution is 5.78. The maximum absolute atomic E-state index is 11.4. The molecule has 3 N–H and O–H groups in total. The predicted octanol–water partition coefficient (Wildman–Crippen LogP) is 0.879. The summed E-state index contributed by atoms with van der Waals surface area (Å²) in [6, 6.07) is 3.47. The van der Waals surface area contributed by atoms with Crippen LogP contribution in [0.1, 0.15) is 19.6 Å². The zero-order valence-electron chi connectivity index (χ0n) is 8.49. The molecule has 2 atom stereocenters. The Balaban J connectivity index is 2.35. The molecule has 0 bridgehead atoms. The number of nitrogens with one attached hydrogen (secondary N) is 1. The van der Waals surface area contributed by atoms with E-state index in [9.17, 15) is 4.79 Å². The van der Waals surface area contributed by atoms with Crippen LogP contribution >= 0.6 is 0 Å². The molecule has 1 heterocycles. The summed E-state index contributed by atoms with van der Waals surface area (Å²) in [6.07, 6.45) is 1.58. The number of hydrogen-bond donors (Lipinski definition) is 2. The standard InChI is InChI=1S/C10H16N2O2/c1-7(8(2)11)10(13)12-6-9-4-3-5-14-9/h3-5,7-8H,6,11H2,1-2H3,(H,12,13). The largest absolute Gasteiger partial charge is 0.467 e. The molecule has 0 fully saturated rings. The molecular weight excluding hydrogens is 180 g/mol. The fraction of sp³-hybridized carbons (Fsp3) is 0.500. The van der Waals surface area contributed by atoms with Crippen LogP contribution in [-0.2, 0) is 11.3 Å². The van der Waals surface area contributed by atoms with Gasteiger partial charge < -0.3 is 15.5 Å². The van der Waals surface area contributed by atoms with E-state index in [2.05, 4.69) is 5.32 Å². The van der Waals surface area contributed by atoms with Gasteiger partial charge in [-0.3, -0.25) is 4.79 Å². The van der Waals surface area contributed by atoms with Crippen molar-refractivity contribution >= 4 is 5.91 Å². The lowest BCUT2D eigenvalue weighted by Crippen LogP contribution is -2.38. The zero-order valence-corrected chi connectivity index (χ0v) is 8.49. The second kappa shape index (κ2) is 4.81. The Kier molecular flexibility index (Phi) is 3.71. The van der Waals surface area contributed by atoms with Gasteiger partial charge in [0, 0.05) is 12.0 Å². The Morgan fingerprint density at radius 1 is 1.64 bits per heavy atom. The maximum atomic E-state index is 11.4. The summed E-state index contributed by atoms with van der Waals surface area (Å²) in [7, 11) is 0. The lowest BCUT2D eigenvalue weighted by atomic mass is 10.0. The maximum Gasteiger partial charge on any atom is 0.224 e. The van der Waals surface area contributed by atoms with Crippen molar-refractivity contribution in [2.45, 2.75) is 26.4 Å². The van der Waals surface area contributed by atoms with Crippen molar-refractivity contribution in [3.05, 3.63) is 24.2 Å². The Morgan fingerprint density at radius 3 is 2.86 bits per heavy atom. The number of carbonyl (C=O) groups is 1. The Labute approximate surface area is 83.5 Å². The van der Waals surface area contributed by atoms with Crippen LogP contribution in [0.5, 0.6) is 0 Å². The molecule has 2 unspecified atom stereocenters. The molecule has 0 aliphatic heterocycles. The van der Waals surface area contributed by atoms with E-state index in [1.54, 1.807) is 12.3 Å². The first-order chi connectivity index (χ1) is 6.61. The summed E-state index contributed by atoms with van der Waals surface area (Å²) in [5, 5.41) is 2.75. The van der Waals surface area contributed by atoms with E-state index in [1.165, 1.54) is 0 Å². The normalized spacial score (nSPS) is 14.8. The van der Waals surface area contributed by atoms with Crippen molar-refractivity contribution < 1.29 is 9.21 Å². The van der Waals surface area contributed by atoms with Gasteiger partial charge in [0.05, 0.1) is 12.8 Å². The highest BCUT2D eigenvalue weighted by Gasteiger charge is 2.16. The summed E-state index contributed by atoms with van der Waals surface area (Å²) in [4.78, 5) is 11.4. The van der Waals surface area contributed by atoms with Gasteiger partial charge in [-0.15, -0.1) is 0 Å². The van der Waals surface area contributed by atoms with E-state index in [-0.39, 0.29) is 17.9 Å². The van der Waals surface area contributed by atoms with Crippen LogP contribution in [0.25, 0.3) is 0 Å². The van der Waals surface area contributed by atoms with E-state index < -0.39 is 0 Å². The van der Waals surface area contributed by atoms with Crippen molar-refractivity contribution in [2.24, 2.45) is 11.7 Å². The monoisotopic (exact) mass is 196 g/mol. The van der Waals surface area contributed by atoms with Gasteiger partial charge in [0.25, 0.3) is 0 Å². The Bertz CT molecular complexity index is 280. The average Bonchev–Trinajstić information content (AvgIpc) is 2.65. The quantitative estimate of drug-likeness (QED) is 0.751. The van der Waals surface area contributed by atoms with Crippen LogP contribution in [0.4, 0.5) is 0 Å². The van der Waals surface area contributed by atoms with Gasteiger partial charge in [-0.05, 0) is 19.1 Å². The fourth-order valence-corrected chi connectivity index (χ4v) is 0.987. The molecule has 4 heteroatoms. The first-order valence-corrected chi connectivity index (χ1v) is 4.67. The van der Waals surface area contributed by atoms with Gasteiger partial charge >= 0.3 is 0 Å². The highest BCUT2D eigenvalue weighted by atomic mass is 16.3. The summed E-state index contributed by atoms with van der Waals surface area (Å²) >= 11 is 0. The van der Waals surface area contributed by atoms with Crippen LogP contribution in [0.15, 0.2) is 22.8 Å². The van der Waals surface area contributed by atoms with E-state index in [0.29, 0.717) is 6.54 Å². The Hall–Kier alpha value is -1.29. The van der Waals surface area contributed by atoms with Gasteiger partial charge in [0.2, 0.25) is 5.91 Å². The summed E-state index contributed by atoms with van der Waals surface area (Å²) < 4.78 is 5.08. The number of furan rings is 1. The third kappa shape index (κ3) is 2.88. The van der Waals surface area contributed by atoms with Gasteiger partial charge in [0.15, 0.2) is 0 Å². The summed E-state index contributed by atoms with van der Waals surface area (Å²) in [5.41, 5.74) is 5.60. The van der Waals surface area contributed by atoms with Gasteiger partial charge in [-0.1, -0.05) is 6.92 Å². The summed E-state index contributed by atoms with van der Waals surface area (Å²) in [5.74, 6) is 0.525. The molecule has 0 aliphatic rings. The lowest BCUT2D eigenvalue weighted by molar-refractivity contribution is -0.125. The minimum atomic E-state index is -0.176. The van der Waals surface area contributed by atoms with Crippen LogP contribution in [0.2, 0.25) is 0 Å². The molecule has 0 radical (unpaired) electrons. The van der Waals surface area contributed by atoms with E-state index >= 15 is 0 Å². The molecule has 0 spiro atoms. The number of hydrogen-bond acceptors (Lipinski definition) is 3. The number of amides is 1. The molecule has 14 heavy (non-hydrogen) atoms. The molecule has 1 aromatic rings.